The van der Waals surface area contributed by atoms with Crippen LogP contribution in [-0.4, -0.2) is 59.1 Å². The second-order valence-electron chi connectivity index (χ2n) is 11.1. The third kappa shape index (κ3) is 6.89. The molecule has 0 fully saturated rings. The van der Waals surface area contributed by atoms with E-state index in [4.69, 9.17) is 4.99 Å². The first kappa shape index (κ1) is 30.5. The second kappa shape index (κ2) is 13.0. The highest BCUT2D eigenvalue weighted by molar-refractivity contribution is 7.89. The van der Waals surface area contributed by atoms with Gasteiger partial charge in [-0.15, -0.1) is 0 Å². The summed E-state index contributed by atoms with van der Waals surface area (Å²) in [5.74, 6) is -0.0578. The van der Waals surface area contributed by atoms with Gasteiger partial charge in [-0.1, -0.05) is 55.8 Å². The monoisotopic (exact) mass is 574 g/mol. The number of aliphatic imine (C=N–C) groups is 1. The van der Waals surface area contributed by atoms with Gasteiger partial charge >= 0.3 is 0 Å². The molecule has 8 heteroatoms. The van der Waals surface area contributed by atoms with Crippen molar-refractivity contribution < 1.29 is 13.5 Å². The van der Waals surface area contributed by atoms with Crippen LogP contribution in [-0.2, 0) is 16.6 Å². The minimum absolute atomic E-state index is 0.0578. The lowest BCUT2D eigenvalue weighted by Crippen LogP contribution is -2.36. The zero-order valence-corrected chi connectivity index (χ0v) is 25.7. The first-order valence-electron chi connectivity index (χ1n) is 14.3. The Balaban J connectivity index is 1.80. The van der Waals surface area contributed by atoms with Crippen molar-refractivity contribution in [1.29, 1.82) is 0 Å². The molecule has 0 spiro atoms. The molecule has 0 bridgehead atoms. The lowest BCUT2D eigenvalue weighted by atomic mass is 10.0. The molecule has 0 aliphatic heterocycles. The van der Waals surface area contributed by atoms with E-state index in [1.807, 2.05) is 49.4 Å². The van der Waals surface area contributed by atoms with E-state index in [1.165, 1.54) is 9.87 Å². The van der Waals surface area contributed by atoms with Gasteiger partial charge in [-0.05, 0) is 70.0 Å². The van der Waals surface area contributed by atoms with Gasteiger partial charge in [0, 0.05) is 48.7 Å². The molecule has 0 aliphatic rings. The molecule has 0 atom stereocenters. The van der Waals surface area contributed by atoms with Gasteiger partial charge < -0.3 is 10.1 Å². The molecule has 0 saturated carbocycles. The van der Waals surface area contributed by atoms with E-state index < -0.39 is 10.0 Å². The van der Waals surface area contributed by atoms with Crippen LogP contribution in [0.3, 0.4) is 0 Å². The number of rotatable bonds is 12. The average Bonchev–Trinajstić information content (AvgIpc) is 3.28. The van der Waals surface area contributed by atoms with Gasteiger partial charge in [0.05, 0.1) is 21.9 Å². The van der Waals surface area contributed by atoms with Crippen molar-refractivity contribution in [1.82, 2.24) is 14.2 Å². The van der Waals surface area contributed by atoms with Crippen molar-refractivity contribution in [2.24, 2.45) is 4.99 Å². The third-order valence-corrected chi connectivity index (χ3v) is 9.29. The van der Waals surface area contributed by atoms with Crippen LogP contribution in [0.5, 0.6) is 5.88 Å². The summed E-state index contributed by atoms with van der Waals surface area (Å²) in [5.41, 5.74) is 4.41. The van der Waals surface area contributed by atoms with Crippen LogP contribution in [0, 0.1) is 0 Å². The van der Waals surface area contributed by atoms with E-state index in [9.17, 15) is 13.5 Å². The molecule has 1 aromatic heterocycles. The third-order valence-electron chi connectivity index (χ3n) is 7.44. The molecule has 1 heterocycles. The van der Waals surface area contributed by atoms with Crippen molar-refractivity contribution in [3.63, 3.8) is 0 Å². The van der Waals surface area contributed by atoms with Crippen LogP contribution in [0.4, 0.5) is 5.69 Å². The molecule has 218 valence electrons. The normalized spacial score (nSPS) is 12.9. The van der Waals surface area contributed by atoms with Gasteiger partial charge in [0.15, 0.2) is 5.88 Å². The molecular weight excluding hydrogens is 532 g/mol. The number of hydrogen-bond donors (Lipinski definition) is 2. The minimum atomic E-state index is -3.69. The minimum Gasteiger partial charge on any atom is -0.494 e. The Morgan fingerprint density at radius 2 is 1.61 bits per heavy atom. The van der Waals surface area contributed by atoms with Crippen LogP contribution in [0.2, 0.25) is 0 Å². The lowest BCUT2D eigenvalue weighted by molar-refractivity contribution is 0.166. The fraction of sp³-hybridized carbons (Fsp3) is 0.364. The van der Waals surface area contributed by atoms with Gasteiger partial charge in [-0.25, -0.2) is 17.7 Å². The summed E-state index contributed by atoms with van der Waals surface area (Å²) in [6.07, 6.45) is 1.69. The van der Waals surface area contributed by atoms with E-state index in [2.05, 4.69) is 49.7 Å². The second-order valence-corrected chi connectivity index (χ2v) is 13.1. The van der Waals surface area contributed by atoms with E-state index >= 15 is 0 Å². The molecule has 3 aromatic carbocycles. The van der Waals surface area contributed by atoms with Gasteiger partial charge in [0.1, 0.15) is 0 Å². The Bertz CT molecular complexity index is 1580. The Kier molecular flexibility index (Phi) is 9.68. The molecule has 0 radical (unpaired) electrons. The van der Waals surface area contributed by atoms with Crippen LogP contribution in [0.25, 0.3) is 10.9 Å². The molecule has 4 aromatic rings. The molecule has 41 heavy (non-hydrogen) atoms. The molecule has 4 rings (SSSR count). The highest BCUT2D eigenvalue weighted by Crippen LogP contribution is 2.33. The highest BCUT2D eigenvalue weighted by atomic mass is 32.2. The molecule has 0 unspecified atom stereocenters. The van der Waals surface area contributed by atoms with E-state index in [0.717, 1.165) is 30.6 Å². The number of unbranched alkanes of at least 4 members (excludes halogenated alkanes) is 1. The average molecular weight is 575 g/mol. The van der Waals surface area contributed by atoms with Crippen molar-refractivity contribution in [3.8, 4) is 5.88 Å². The molecule has 0 aliphatic carbocycles. The Morgan fingerprint density at radius 3 is 2.22 bits per heavy atom. The van der Waals surface area contributed by atoms with E-state index in [0.29, 0.717) is 40.8 Å². The maximum atomic E-state index is 13.3. The number of nitrogens with zero attached hydrogens (tertiary/aromatic N) is 3. The summed E-state index contributed by atoms with van der Waals surface area (Å²) in [6, 6.07) is 23.6. The van der Waals surface area contributed by atoms with Gasteiger partial charge in [0.25, 0.3) is 0 Å². The predicted molar refractivity (Wildman–Crippen MR) is 169 cm³/mol. The first-order valence-corrected chi connectivity index (χ1v) is 15.8. The fourth-order valence-corrected chi connectivity index (χ4v) is 6.31. The highest BCUT2D eigenvalue weighted by Gasteiger charge is 2.24. The first-order chi connectivity index (χ1) is 19.5. The standard InChI is InChI=1S/C33H42N4O3S/c1-7-8-20-36(6)41(39,40)28-18-19-30-29(21-28)31(33(38)35-30)32(26-12-10-9-11-13-26)34-27-16-14-25(15-17-27)22-37(23(2)3)24(4)5/h9-19,21,23-24,35,38H,7-8,20,22H2,1-6H3. The summed E-state index contributed by atoms with van der Waals surface area (Å²) in [5, 5.41) is 11.7. The summed E-state index contributed by atoms with van der Waals surface area (Å²) in [4.78, 5) is 10.6. The molecular formula is C33H42N4O3S. The van der Waals surface area contributed by atoms with Crippen LogP contribution >= 0.6 is 0 Å². The Labute approximate surface area is 244 Å². The topological polar surface area (TPSA) is 89.0 Å². The number of fused-ring (bicyclic) bond motifs is 1. The Morgan fingerprint density at radius 1 is 0.951 bits per heavy atom. The van der Waals surface area contributed by atoms with Crippen LogP contribution in [0.15, 0.2) is 82.7 Å². The van der Waals surface area contributed by atoms with Crippen LogP contribution in [0.1, 0.15) is 64.2 Å². The number of hydrogen-bond acceptors (Lipinski definition) is 5. The molecule has 2 N–H and O–H groups in total. The van der Waals surface area contributed by atoms with Gasteiger partial charge in [-0.3, -0.25) is 4.90 Å². The van der Waals surface area contributed by atoms with Crippen molar-refractivity contribution in [2.45, 2.75) is 71.0 Å². The Hall–Kier alpha value is -3.46. The molecule has 7 nitrogen and oxygen atoms in total. The lowest BCUT2D eigenvalue weighted by Gasteiger charge is -2.30. The van der Waals surface area contributed by atoms with E-state index in [1.54, 1.807) is 25.2 Å². The number of sulfonamides is 1. The number of benzene rings is 3. The summed E-state index contributed by atoms with van der Waals surface area (Å²) >= 11 is 0. The summed E-state index contributed by atoms with van der Waals surface area (Å²) in [7, 11) is -2.09. The number of H-pyrrole nitrogens is 1. The molecule has 0 amide bonds. The predicted octanol–water partition coefficient (Wildman–Crippen LogP) is 7.08. The SMILES string of the molecule is CCCCN(C)S(=O)(=O)c1ccc2[nH]c(O)c(C(=Nc3ccc(CN(C(C)C)C(C)C)cc3)c3ccccc3)c2c1. The fourth-order valence-electron chi connectivity index (χ4n) is 5.08. The van der Waals surface area contributed by atoms with Gasteiger partial charge in [0.2, 0.25) is 10.0 Å². The van der Waals surface area contributed by atoms with Crippen LogP contribution < -0.4 is 0 Å². The summed E-state index contributed by atoms with van der Waals surface area (Å²) < 4.78 is 28.1. The number of nitrogens with one attached hydrogen (secondary N) is 1. The zero-order chi connectivity index (χ0) is 29.7. The molecule has 0 saturated heterocycles. The number of aromatic amines is 1. The maximum absolute atomic E-state index is 13.3. The van der Waals surface area contributed by atoms with Gasteiger partial charge in [-0.2, -0.15) is 0 Å². The number of aromatic nitrogens is 1. The number of aromatic hydroxyl groups is 1. The van der Waals surface area contributed by atoms with Crippen molar-refractivity contribution >= 4 is 32.3 Å². The van der Waals surface area contributed by atoms with E-state index in [-0.39, 0.29) is 10.8 Å². The van der Waals surface area contributed by atoms with Crippen molar-refractivity contribution in [2.75, 3.05) is 13.6 Å². The summed E-state index contributed by atoms with van der Waals surface area (Å²) in [6.45, 7) is 12.2. The largest absolute Gasteiger partial charge is 0.494 e. The maximum Gasteiger partial charge on any atom is 0.242 e. The van der Waals surface area contributed by atoms with Crippen molar-refractivity contribution in [3.05, 3.63) is 89.5 Å². The smallest absolute Gasteiger partial charge is 0.242 e. The zero-order valence-electron chi connectivity index (χ0n) is 24.9. The quantitative estimate of drug-likeness (QED) is 0.177.